The van der Waals surface area contributed by atoms with Crippen molar-refractivity contribution in [2.24, 2.45) is 11.8 Å². The number of aromatic nitrogens is 2. The van der Waals surface area contributed by atoms with Gasteiger partial charge in [-0.25, -0.2) is 21.6 Å². The molecule has 0 bridgehead atoms. The summed E-state index contributed by atoms with van der Waals surface area (Å²) in [5.41, 5.74) is 3.87. The molecule has 1 saturated carbocycles. The molecule has 2 N–H and O–H groups in total. The highest BCUT2D eigenvalue weighted by molar-refractivity contribution is 7.89. The number of likely N-dealkylation sites (tertiary alicyclic amines) is 1. The van der Waals surface area contributed by atoms with Gasteiger partial charge in [-0.05, 0) is 159 Å². The van der Waals surface area contributed by atoms with Gasteiger partial charge in [-0.15, -0.1) is 0 Å². The minimum Gasteiger partial charge on any atom is -0.494 e. The van der Waals surface area contributed by atoms with Gasteiger partial charge in [-0.3, -0.25) is 19.6 Å². The molecule has 2 aromatic heterocycles. The fourth-order valence-electron chi connectivity index (χ4n) is 10.1. The van der Waals surface area contributed by atoms with Crippen LogP contribution in [0.2, 0.25) is 5.02 Å². The van der Waals surface area contributed by atoms with Crippen molar-refractivity contribution < 1.29 is 45.4 Å². The molecule has 1 aliphatic heterocycles. The van der Waals surface area contributed by atoms with Gasteiger partial charge >= 0.3 is 6.09 Å². The van der Waals surface area contributed by atoms with E-state index < -0.39 is 31.7 Å². The second kappa shape index (κ2) is 26.1. The van der Waals surface area contributed by atoms with Crippen LogP contribution >= 0.6 is 11.6 Å². The Bertz CT molecular complexity index is 3570. The molecule has 428 valence electrons. The highest BCUT2D eigenvalue weighted by atomic mass is 35.5. The van der Waals surface area contributed by atoms with Crippen molar-refractivity contribution in [3.8, 4) is 11.5 Å². The Hall–Kier alpha value is -7.68. The molecule has 0 radical (unpaired) electrons. The molecule has 1 saturated heterocycles. The molecular formula is C62H66ClN7O10S2. The van der Waals surface area contributed by atoms with E-state index in [1.807, 2.05) is 32.0 Å². The maximum Gasteiger partial charge on any atom is 0.410 e. The quantitative estimate of drug-likeness (QED) is 0.0549. The Morgan fingerprint density at radius 1 is 0.659 bits per heavy atom. The average molecular weight is 1170 g/mol. The molecule has 17 nitrogen and oxygen atoms in total. The first kappa shape index (κ1) is 59.0. The number of amides is 3. The molecule has 3 heterocycles. The van der Waals surface area contributed by atoms with Crippen LogP contribution in [-0.2, 0) is 63.8 Å². The molecule has 1 aliphatic carbocycles. The van der Waals surface area contributed by atoms with E-state index in [0.717, 1.165) is 5.56 Å². The van der Waals surface area contributed by atoms with Crippen molar-refractivity contribution in [1.29, 1.82) is 0 Å². The zero-order valence-corrected chi connectivity index (χ0v) is 48.5. The van der Waals surface area contributed by atoms with Crippen molar-refractivity contribution in [3.05, 3.63) is 214 Å². The normalized spacial score (nSPS) is 15.9. The van der Waals surface area contributed by atoms with Crippen molar-refractivity contribution in [2.45, 2.75) is 88.1 Å². The van der Waals surface area contributed by atoms with Crippen molar-refractivity contribution in [3.63, 3.8) is 0 Å². The number of nitrogens with one attached hydrogen (secondary N) is 2. The van der Waals surface area contributed by atoms with E-state index in [2.05, 4.69) is 20.6 Å². The average Bonchev–Trinajstić information content (AvgIpc) is 3.17. The Kier molecular flexibility index (Phi) is 18.7. The molecular weight excluding hydrogens is 1100 g/mol. The maximum atomic E-state index is 14.8. The number of carbonyl (C=O) groups excluding carboxylic acids is 3. The number of piperidine rings is 1. The van der Waals surface area contributed by atoms with Gasteiger partial charge < -0.3 is 29.7 Å². The van der Waals surface area contributed by atoms with Crippen LogP contribution in [0.25, 0.3) is 0 Å². The molecule has 2 aliphatic rings. The van der Waals surface area contributed by atoms with E-state index in [-0.39, 0.29) is 72.1 Å². The predicted molar refractivity (Wildman–Crippen MR) is 311 cm³/mol. The van der Waals surface area contributed by atoms with Gasteiger partial charge in [0.15, 0.2) is 0 Å². The number of hydrogen-bond acceptors (Lipinski definition) is 12. The first-order valence-corrected chi connectivity index (χ1v) is 30.4. The third kappa shape index (κ3) is 14.9. The van der Waals surface area contributed by atoms with Gasteiger partial charge in [0.25, 0.3) is 11.8 Å². The lowest BCUT2D eigenvalue weighted by molar-refractivity contribution is 0.0152. The van der Waals surface area contributed by atoms with Crippen molar-refractivity contribution >= 4 is 49.6 Å². The number of sulfonamides is 2. The van der Waals surface area contributed by atoms with Gasteiger partial charge in [-0.1, -0.05) is 60.1 Å². The Morgan fingerprint density at radius 2 is 1.28 bits per heavy atom. The van der Waals surface area contributed by atoms with Crippen LogP contribution < -0.4 is 20.1 Å². The zero-order chi connectivity index (χ0) is 58.0. The molecule has 0 spiro atoms. The highest BCUT2D eigenvalue weighted by Gasteiger charge is 2.58. The van der Waals surface area contributed by atoms with Crippen LogP contribution in [0, 0.1) is 11.8 Å². The Balaban J connectivity index is 0.802. The van der Waals surface area contributed by atoms with Crippen LogP contribution in [0.4, 0.5) is 4.79 Å². The summed E-state index contributed by atoms with van der Waals surface area (Å²) in [6.07, 6.45) is 5.06. The highest BCUT2D eigenvalue weighted by Crippen LogP contribution is 2.46. The number of hydrogen-bond donors (Lipinski definition) is 2. The van der Waals surface area contributed by atoms with Crippen LogP contribution in [0.5, 0.6) is 11.5 Å². The standard InChI is InChI=1S/C62H66ClN7O10S2/c1-5-78-52-23-25-53(26-24-52)81(74,75)70(40-51-14-7-8-31-65-51)38-45-17-21-48(22-18-45)60(72)67-58-55-41-68(42-56(55)58)61(73)80-62(3,4)35-49-34-54(27-28-57(49)79-6-2)82(76,77)69(39-46-12-10-30-64-36-46)37-44-15-19-47(20-16-44)59(71)66-32-29-43-11-9-13-50(63)33-43/h7-28,30-31,33-34,36,55-56,58H,5-6,29,32,35,37-42H2,1-4H3,(H,66,71)(H,67,72)/t55-,56+,58?. The third-order valence-corrected chi connectivity index (χ3v) is 18.2. The van der Waals surface area contributed by atoms with E-state index >= 15 is 0 Å². The lowest BCUT2D eigenvalue weighted by atomic mass is 9.97. The summed E-state index contributed by atoms with van der Waals surface area (Å²) in [4.78, 5) is 50.7. The third-order valence-electron chi connectivity index (χ3n) is 14.4. The van der Waals surface area contributed by atoms with Crippen LogP contribution in [0.1, 0.15) is 81.9 Å². The van der Waals surface area contributed by atoms with E-state index in [1.165, 1.54) is 26.8 Å². The van der Waals surface area contributed by atoms with E-state index in [4.69, 9.17) is 25.8 Å². The number of halogens is 1. The molecule has 3 amide bonds. The SMILES string of the molecule is CCOc1ccc(S(=O)(=O)N(Cc2ccc(C(=O)NC3[C@H]4CN(C(=O)OC(C)(C)Cc5cc(S(=O)(=O)N(Cc6ccc(C(=O)NCCc7cccc(Cl)c7)cc6)Cc6cccnc6)ccc5OCC)C[C@@H]34)cc2)Cc2ccccn2)cc1. The van der Waals surface area contributed by atoms with Crippen LogP contribution in [0.15, 0.2) is 174 Å². The summed E-state index contributed by atoms with van der Waals surface area (Å²) in [5, 5.41) is 6.69. The number of pyridine rings is 2. The molecule has 9 rings (SSSR count). The smallest absolute Gasteiger partial charge is 0.410 e. The van der Waals surface area contributed by atoms with E-state index in [0.29, 0.717) is 94.9 Å². The summed E-state index contributed by atoms with van der Waals surface area (Å²) < 4.78 is 77.9. The number of fused-ring (bicyclic) bond motifs is 1. The molecule has 1 unspecified atom stereocenters. The lowest BCUT2D eigenvalue weighted by Crippen LogP contribution is -2.41. The second-order valence-electron chi connectivity index (χ2n) is 20.9. The summed E-state index contributed by atoms with van der Waals surface area (Å²) in [5.74, 6) is 0.550. The van der Waals surface area contributed by atoms with Gasteiger partial charge in [-0.2, -0.15) is 8.61 Å². The predicted octanol–water partition coefficient (Wildman–Crippen LogP) is 9.50. The molecule has 5 aromatic carbocycles. The largest absolute Gasteiger partial charge is 0.494 e. The summed E-state index contributed by atoms with van der Waals surface area (Å²) in [7, 11) is -8.15. The first-order valence-electron chi connectivity index (χ1n) is 27.2. The fraction of sp³-hybridized carbons (Fsp3) is 0.306. The molecule has 82 heavy (non-hydrogen) atoms. The second-order valence-corrected chi connectivity index (χ2v) is 25.2. The van der Waals surface area contributed by atoms with Gasteiger partial charge in [0.1, 0.15) is 17.1 Å². The van der Waals surface area contributed by atoms with Gasteiger partial charge in [0.05, 0.1) is 35.2 Å². The minimum absolute atomic E-state index is 0.00857. The Morgan fingerprint density at radius 3 is 1.90 bits per heavy atom. The molecule has 3 atom stereocenters. The number of benzene rings is 5. The summed E-state index contributed by atoms with van der Waals surface area (Å²) >= 11 is 6.12. The maximum absolute atomic E-state index is 14.8. The van der Waals surface area contributed by atoms with Gasteiger partial charge in [0, 0.05) is 98.3 Å². The van der Waals surface area contributed by atoms with E-state index in [1.54, 1.807) is 147 Å². The van der Waals surface area contributed by atoms with Crippen LogP contribution in [-0.4, -0.2) is 103 Å². The van der Waals surface area contributed by atoms with Crippen molar-refractivity contribution in [1.82, 2.24) is 34.1 Å². The fourth-order valence-corrected chi connectivity index (χ4v) is 13.2. The van der Waals surface area contributed by atoms with Crippen LogP contribution in [0.3, 0.4) is 0 Å². The molecule has 20 heteroatoms. The first-order chi connectivity index (χ1) is 39.4. The minimum atomic E-state index is -4.19. The van der Waals surface area contributed by atoms with E-state index in [9.17, 15) is 31.2 Å². The number of rotatable bonds is 25. The molecule has 7 aromatic rings. The summed E-state index contributed by atoms with van der Waals surface area (Å²) in [6, 6.07) is 40.9. The van der Waals surface area contributed by atoms with Gasteiger partial charge in [0.2, 0.25) is 20.0 Å². The summed E-state index contributed by atoms with van der Waals surface area (Å²) in [6.45, 7) is 9.23. The Labute approximate surface area is 484 Å². The zero-order valence-electron chi connectivity index (χ0n) is 46.1. The van der Waals surface area contributed by atoms with Crippen molar-refractivity contribution in [2.75, 3.05) is 32.8 Å². The number of nitrogens with zero attached hydrogens (tertiary/aromatic N) is 5. The monoisotopic (exact) mass is 1170 g/mol. The topological polar surface area (TPSA) is 207 Å². The number of ether oxygens (including phenoxy) is 3. The molecule has 2 fully saturated rings. The number of carbonyl (C=O) groups is 3. The lowest BCUT2D eigenvalue weighted by Gasteiger charge is -2.30.